The fourth-order valence-electron chi connectivity index (χ4n) is 2.92. The highest BCUT2D eigenvalue weighted by Gasteiger charge is 2.26. The summed E-state index contributed by atoms with van der Waals surface area (Å²) in [5.74, 6) is -0.294. The van der Waals surface area contributed by atoms with E-state index in [0.717, 1.165) is 25.9 Å². The van der Waals surface area contributed by atoms with Crippen molar-refractivity contribution in [1.29, 1.82) is 0 Å². The number of amides is 1. The van der Waals surface area contributed by atoms with Crippen LogP contribution in [0.3, 0.4) is 0 Å². The molecule has 0 radical (unpaired) electrons. The number of halogens is 1. The summed E-state index contributed by atoms with van der Waals surface area (Å²) in [6, 6.07) is 7.35. The number of hydrogen-bond donors (Lipinski definition) is 0. The predicted octanol–water partition coefficient (Wildman–Crippen LogP) is 2.70. The van der Waals surface area contributed by atoms with Crippen molar-refractivity contribution in [2.24, 2.45) is 0 Å². The predicted molar refractivity (Wildman–Crippen MR) is 82.6 cm³/mol. The lowest BCUT2D eigenvalue weighted by atomic mass is 10.0. The molecule has 0 aliphatic carbocycles. The molecule has 0 unspecified atom stereocenters. The summed E-state index contributed by atoms with van der Waals surface area (Å²) in [5, 5.41) is 0. The van der Waals surface area contributed by atoms with Crippen molar-refractivity contribution >= 4 is 5.91 Å². The van der Waals surface area contributed by atoms with Gasteiger partial charge >= 0.3 is 0 Å². The van der Waals surface area contributed by atoms with Crippen molar-refractivity contribution in [3.63, 3.8) is 0 Å². The van der Waals surface area contributed by atoms with Crippen LogP contribution < -0.4 is 0 Å². The van der Waals surface area contributed by atoms with E-state index >= 15 is 0 Å². The van der Waals surface area contributed by atoms with E-state index in [9.17, 15) is 9.18 Å². The largest absolute Gasteiger partial charge is 0.342 e. The zero-order valence-corrected chi connectivity index (χ0v) is 13.2. The quantitative estimate of drug-likeness (QED) is 0.852. The van der Waals surface area contributed by atoms with Crippen molar-refractivity contribution in [2.75, 3.05) is 20.1 Å². The number of piperidine rings is 1. The molecule has 0 bridgehead atoms. The molecule has 116 valence electrons. The van der Waals surface area contributed by atoms with Gasteiger partial charge in [-0.1, -0.05) is 18.2 Å². The number of carbonyl (C=O) groups is 1. The van der Waals surface area contributed by atoms with E-state index in [2.05, 4.69) is 18.7 Å². The lowest BCUT2D eigenvalue weighted by Gasteiger charge is -2.38. The first-order valence-electron chi connectivity index (χ1n) is 7.72. The summed E-state index contributed by atoms with van der Waals surface area (Å²) < 4.78 is 13.6. The molecule has 1 aromatic rings. The minimum absolute atomic E-state index is 0.00287. The van der Waals surface area contributed by atoms with Gasteiger partial charge in [-0.15, -0.1) is 0 Å². The van der Waals surface area contributed by atoms with E-state index in [1.807, 2.05) is 11.9 Å². The molecule has 0 N–H and O–H groups in total. The molecule has 0 saturated carbocycles. The molecule has 1 aliphatic heterocycles. The van der Waals surface area contributed by atoms with Crippen LogP contribution in [0.15, 0.2) is 24.3 Å². The Morgan fingerprint density at radius 2 is 1.95 bits per heavy atom. The van der Waals surface area contributed by atoms with E-state index in [1.165, 1.54) is 6.07 Å². The first kappa shape index (κ1) is 16.0. The van der Waals surface area contributed by atoms with Gasteiger partial charge in [0.2, 0.25) is 5.91 Å². The smallest absolute Gasteiger partial charge is 0.227 e. The van der Waals surface area contributed by atoms with Crippen LogP contribution in [-0.4, -0.2) is 47.9 Å². The number of hydrogen-bond acceptors (Lipinski definition) is 2. The Morgan fingerprint density at radius 1 is 1.33 bits per heavy atom. The van der Waals surface area contributed by atoms with Gasteiger partial charge < -0.3 is 9.80 Å². The molecule has 1 heterocycles. The molecule has 1 aliphatic rings. The van der Waals surface area contributed by atoms with E-state index in [-0.39, 0.29) is 24.2 Å². The van der Waals surface area contributed by atoms with Gasteiger partial charge in [-0.3, -0.25) is 4.79 Å². The molecule has 0 atom stereocenters. The molecule has 1 fully saturated rings. The van der Waals surface area contributed by atoms with Crippen LogP contribution in [0.2, 0.25) is 0 Å². The van der Waals surface area contributed by atoms with Crippen LogP contribution in [0.4, 0.5) is 4.39 Å². The average molecular weight is 292 g/mol. The molecule has 2 rings (SSSR count). The van der Waals surface area contributed by atoms with E-state index < -0.39 is 0 Å². The molecule has 1 saturated heterocycles. The minimum atomic E-state index is -0.297. The molecule has 21 heavy (non-hydrogen) atoms. The Hall–Kier alpha value is -1.42. The van der Waals surface area contributed by atoms with Crippen molar-refractivity contribution in [2.45, 2.75) is 45.2 Å². The number of benzene rings is 1. The molecular formula is C17H25FN2O. The first-order valence-corrected chi connectivity index (χ1v) is 7.72. The van der Waals surface area contributed by atoms with Crippen LogP contribution in [0.25, 0.3) is 0 Å². The Bertz CT molecular complexity index is 481. The Kier molecular flexibility index (Phi) is 5.34. The number of likely N-dealkylation sites (N-methyl/N-ethyl adjacent to an activating group) is 1. The zero-order chi connectivity index (χ0) is 15.4. The number of carbonyl (C=O) groups excluding carboxylic acids is 1. The summed E-state index contributed by atoms with van der Waals surface area (Å²) in [7, 11) is 1.85. The second-order valence-corrected chi connectivity index (χ2v) is 6.13. The van der Waals surface area contributed by atoms with Crippen LogP contribution >= 0.6 is 0 Å². The summed E-state index contributed by atoms with van der Waals surface area (Å²) in [5.41, 5.74) is 0.481. The second-order valence-electron chi connectivity index (χ2n) is 6.13. The van der Waals surface area contributed by atoms with Crippen LogP contribution in [0.5, 0.6) is 0 Å². The summed E-state index contributed by atoms with van der Waals surface area (Å²) in [6.45, 7) is 6.46. The van der Waals surface area contributed by atoms with Gasteiger partial charge in [0.1, 0.15) is 5.82 Å². The summed E-state index contributed by atoms with van der Waals surface area (Å²) >= 11 is 0. The van der Waals surface area contributed by atoms with Gasteiger partial charge in [0.25, 0.3) is 0 Å². The highest BCUT2D eigenvalue weighted by molar-refractivity contribution is 5.78. The van der Waals surface area contributed by atoms with Crippen molar-refractivity contribution < 1.29 is 9.18 Å². The molecule has 0 spiro atoms. The Balaban J connectivity index is 1.90. The van der Waals surface area contributed by atoms with Gasteiger partial charge in [-0.2, -0.15) is 0 Å². The SMILES string of the molecule is CC(C)N1CCC(N(C)C(=O)Cc2ccccc2F)CC1. The van der Waals surface area contributed by atoms with Crippen LogP contribution in [-0.2, 0) is 11.2 Å². The molecule has 0 aromatic heterocycles. The minimum Gasteiger partial charge on any atom is -0.342 e. The van der Waals surface area contributed by atoms with Gasteiger partial charge in [0.05, 0.1) is 6.42 Å². The topological polar surface area (TPSA) is 23.6 Å². The first-order chi connectivity index (χ1) is 9.99. The lowest BCUT2D eigenvalue weighted by molar-refractivity contribution is -0.132. The van der Waals surface area contributed by atoms with Gasteiger partial charge in [0.15, 0.2) is 0 Å². The maximum atomic E-state index is 13.6. The number of likely N-dealkylation sites (tertiary alicyclic amines) is 1. The highest BCUT2D eigenvalue weighted by Crippen LogP contribution is 2.18. The van der Waals surface area contributed by atoms with Crippen LogP contribution in [0.1, 0.15) is 32.3 Å². The molecular weight excluding hydrogens is 267 g/mol. The normalized spacial score (nSPS) is 17.2. The van der Waals surface area contributed by atoms with E-state index in [4.69, 9.17) is 0 Å². The van der Waals surface area contributed by atoms with Crippen molar-refractivity contribution in [3.8, 4) is 0 Å². The summed E-state index contributed by atoms with van der Waals surface area (Å²) in [6.07, 6.45) is 2.14. The fourth-order valence-corrected chi connectivity index (χ4v) is 2.92. The van der Waals surface area contributed by atoms with Gasteiger partial charge in [0, 0.05) is 32.2 Å². The van der Waals surface area contributed by atoms with Crippen LogP contribution in [0, 0.1) is 5.82 Å². The second kappa shape index (κ2) is 7.03. The van der Waals surface area contributed by atoms with E-state index in [0.29, 0.717) is 11.6 Å². The molecule has 4 heteroatoms. The van der Waals surface area contributed by atoms with Gasteiger partial charge in [-0.05, 0) is 38.3 Å². The van der Waals surface area contributed by atoms with Crippen molar-refractivity contribution in [3.05, 3.63) is 35.6 Å². The average Bonchev–Trinajstić information content (AvgIpc) is 2.49. The highest BCUT2D eigenvalue weighted by atomic mass is 19.1. The maximum Gasteiger partial charge on any atom is 0.227 e. The molecule has 1 aromatic carbocycles. The van der Waals surface area contributed by atoms with E-state index in [1.54, 1.807) is 18.2 Å². The van der Waals surface area contributed by atoms with Gasteiger partial charge in [-0.25, -0.2) is 4.39 Å². The third-order valence-corrected chi connectivity index (χ3v) is 4.47. The van der Waals surface area contributed by atoms with Crippen molar-refractivity contribution in [1.82, 2.24) is 9.80 Å². The third kappa shape index (κ3) is 4.03. The lowest BCUT2D eigenvalue weighted by Crippen LogP contribution is -2.47. The number of nitrogens with zero attached hydrogens (tertiary/aromatic N) is 2. The molecule has 1 amide bonds. The summed E-state index contributed by atoms with van der Waals surface area (Å²) in [4.78, 5) is 16.6. The Morgan fingerprint density at radius 3 is 2.52 bits per heavy atom. The monoisotopic (exact) mass is 292 g/mol. The standard InChI is InChI=1S/C17H25FN2O/c1-13(2)20-10-8-15(9-11-20)19(3)17(21)12-14-6-4-5-7-16(14)18/h4-7,13,15H,8-12H2,1-3H3. The Labute approximate surface area is 126 Å². The maximum absolute atomic E-state index is 13.6. The fraction of sp³-hybridized carbons (Fsp3) is 0.588. The number of rotatable bonds is 4. The molecule has 3 nitrogen and oxygen atoms in total. The zero-order valence-electron chi connectivity index (χ0n) is 13.2. The third-order valence-electron chi connectivity index (χ3n) is 4.47.